The minimum absolute atomic E-state index is 0.0850. The van der Waals surface area contributed by atoms with Gasteiger partial charge in [0.15, 0.2) is 0 Å². The van der Waals surface area contributed by atoms with Gasteiger partial charge in [-0.3, -0.25) is 4.79 Å². The lowest BCUT2D eigenvalue weighted by Gasteiger charge is -2.44. The summed E-state index contributed by atoms with van der Waals surface area (Å²) < 4.78 is 41.9. The van der Waals surface area contributed by atoms with E-state index in [0.717, 1.165) is 54.7 Å². The number of ether oxygens (including phenoxy) is 1. The van der Waals surface area contributed by atoms with Crippen molar-refractivity contribution in [2.75, 3.05) is 30.3 Å². The Hall–Kier alpha value is -3.31. The standard InChI is InChI=1S/C24H23F3N4O3S/c25-24(26,27)34-18-3-1-2-16(11-18)28-23(33)29-17-5-4-15-10-21(35-20(15)12-17)22(32)30-19-13-31-8-6-14(19)7-9-31/h1-5,10-12,14,19H,6-9,13H2,(H,30,32)(H2,28,29,33)/t19-/m0/s1. The summed E-state index contributed by atoms with van der Waals surface area (Å²) in [6.45, 7) is 3.11. The Morgan fingerprint density at radius 3 is 2.43 bits per heavy atom. The molecule has 3 fully saturated rings. The Morgan fingerprint density at radius 2 is 1.74 bits per heavy atom. The number of carbonyl (C=O) groups is 2. The number of urea groups is 1. The SMILES string of the molecule is O=C(Nc1cccc(OC(F)(F)F)c1)Nc1ccc2cc(C(=O)N[C@H]3CN4CCC3CC4)sc2c1. The van der Waals surface area contributed by atoms with Gasteiger partial charge < -0.3 is 25.6 Å². The molecular formula is C24H23F3N4O3S. The molecule has 3 aliphatic heterocycles. The topological polar surface area (TPSA) is 82.7 Å². The first-order chi connectivity index (χ1) is 16.7. The van der Waals surface area contributed by atoms with Crippen LogP contribution in [0, 0.1) is 5.92 Å². The number of benzene rings is 2. The molecule has 35 heavy (non-hydrogen) atoms. The first kappa shape index (κ1) is 23.4. The number of fused-ring (bicyclic) bond motifs is 4. The molecule has 7 nitrogen and oxygen atoms in total. The molecule has 3 amide bonds. The van der Waals surface area contributed by atoms with Gasteiger partial charge >= 0.3 is 12.4 Å². The van der Waals surface area contributed by atoms with Crippen molar-refractivity contribution in [2.45, 2.75) is 25.2 Å². The first-order valence-corrected chi connectivity index (χ1v) is 12.0. The molecule has 0 saturated carbocycles. The third kappa shape index (κ3) is 5.68. The number of halogens is 3. The number of anilines is 2. The summed E-state index contributed by atoms with van der Waals surface area (Å²) in [7, 11) is 0. The second kappa shape index (κ2) is 9.38. The number of hydrogen-bond donors (Lipinski definition) is 3. The van der Waals surface area contributed by atoms with Crippen molar-refractivity contribution in [3.63, 3.8) is 0 Å². The number of nitrogens with one attached hydrogen (secondary N) is 3. The van der Waals surface area contributed by atoms with E-state index in [1.807, 2.05) is 12.1 Å². The number of carbonyl (C=O) groups excluding carboxylic acids is 2. The molecule has 0 radical (unpaired) electrons. The summed E-state index contributed by atoms with van der Waals surface area (Å²) in [5.74, 6) is 0.0193. The van der Waals surface area contributed by atoms with Gasteiger partial charge in [0, 0.05) is 34.7 Å². The third-order valence-electron chi connectivity index (χ3n) is 6.30. The second-order valence-electron chi connectivity index (χ2n) is 8.74. The maximum absolute atomic E-state index is 12.9. The summed E-state index contributed by atoms with van der Waals surface area (Å²) >= 11 is 1.35. The zero-order chi connectivity index (χ0) is 24.6. The molecule has 0 aliphatic carbocycles. The Kier molecular flexibility index (Phi) is 6.28. The zero-order valence-electron chi connectivity index (χ0n) is 18.5. The number of thiophene rings is 1. The lowest BCUT2D eigenvalue weighted by molar-refractivity contribution is -0.274. The highest BCUT2D eigenvalue weighted by molar-refractivity contribution is 7.20. The van der Waals surface area contributed by atoms with E-state index in [4.69, 9.17) is 0 Å². The van der Waals surface area contributed by atoms with Crippen molar-refractivity contribution < 1.29 is 27.5 Å². The molecule has 184 valence electrons. The van der Waals surface area contributed by atoms with Crippen molar-refractivity contribution in [3.05, 3.63) is 53.4 Å². The minimum atomic E-state index is -4.82. The average Bonchev–Trinajstić information content (AvgIpc) is 3.22. The number of amides is 3. The van der Waals surface area contributed by atoms with E-state index in [-0.39, 0.29) is 17.6 Å². The fraction of sp³-hybridized carbons (Fsp3) is 0.333. The molecule has 1 atom stereocenters. The molecule has 4 heterocycles. The maximum atomic E-state index is 12.9. The molecule has 6 rings (SSSR count). The Morgan fingerprint density at radius 1 is 1.00 bits per heavy atom. The lowest BCUT2D eigenvalue weighted by Crippen LogP contribution is -2.57. The van der Waals surface area contributed by atoms with E-state index in [9.17, 15) is 22.8 Å². The predicted molar refractivity (Wildman–Crippen MR) is 128 cm³/mol. The van der Waals surface area contributed by atoms with Crippen molar-refractivity contribution in [1.29, 1.82) is 0 Å². The third-order valence-corrected chi connectivity index (χ3v) is 7.40. The van der Waals surface area contributed by atoms with Crippen LogP contribution in [0.4, 0.5) is 29.3 Å². The van der Waals surface area contributed by atoms with Gasteiger partial charge in [-0.25, -0.2) is 4.79 Å². The van der Waals surface area contributed by atoms with Gasteiger partial charge in [-0.05, 0) is 67.6 Å². The van der Waals surface area contributed by atoms with Crippen LogP contribution in [0.3, 0.4) is 0 Å². The fourth-order valence-corrected chi connectivity index (χ4v) is 5.66. The molecule has 11 heteroatoms. The summed E-state index contributed by atoms with van der Waals surface area (Å²) in [5, 5.41) is 9.22. The van der Waals surface area contributed by atoms with Crippen LogP contribution in [0.1, 0.15) is 22.5 Å². The van der Waals surface area contributed by atoms with Gasteiger partial charge in [-0.1, -0.05) is 12.1 Å². The van der Waals surface area contributed by atoms with Crippen molar-refractivity contribution in [1.82, 2.24) is 10.2 Å². The number of alkyl halides is 3. The lowest BCUT2D eigenvalue weighted by atomic mass is 9.84. The van der Waals surface area contributed by atoms with Crippen LogP contribution in [-0.2, 0) is 0 Å². The molecule has 3 aliphatic rings. The molecule has 3 aromatic rings. The van der Waals surface area contributed by atoms with Crippen molar-refractivity contribution in [3.8, 4) is 5.75 Å². The number of hydrogen-bond acceptors (Lipinski definition) is 5. The van der Waals surface area contributed by atoms with Crippen molar-refractivity contribution in [2.24, 2.45) is 5.92 Å². The number of nitrogens with zero attached hydrogens (tertiary/aromatic N) is 1. The highest BCUT2D eigenvalue weighted by Crippen LogP contribution is 2.31. The largest absolute Gasteiger partial charge is 0.573 e. The van der Waals surface area contributed by atoms with Crippen molar-refractivity contribution >= 4 is 44.7 Å². The molecule has 1 aromatic heterocycles. The van der Waals surface area contributed by atoms with Gasteiger partial charge in [0.05, 0.1) is 4.88 Å². The molecule has 2 aromatic carbocycles. The van der Waals surface area contributed by atoms with E-state index in [2.05, 4.69) is 25.6 Å². The summed E-state index contributed by atoms with van der Waals surface area (Å²) in [6.07, 6.45) is -2.58. The van der Waals surface area contributed by atoms with E-state index < -0.39 is 18.1 Å². The first-order valence-electron chi connectivity index (χ1n) is 11.2. The van der Waals surface area contributed by atoms with Crippen LogP contribution in [0.5, 0.6) is 5.75 Å². The summed E-state index contributed by atoms with van der Waals surface area (Å²) in [4.78, 5) is 28.2. The summed E-state index contributed by atoms with van der Waals surface area (Å²) in [6, 6.07) is 11.7. The molecule has 3 saturated heterocycles. The van der Waals surface area contributed by atoms with Gasteiger partial charge in [0.2, 0.25) is 0 Å². The van der Waals surface area contributed by atoms with Crippen LogP contribution < -0.4 is 20.7 Å². The van der Waals surface area contributed by atoms with E-state index in [0.29, 0.717) is 16.5 Å². The number of rotatable bonds is 5. The Bertz CT molecular complexity index is 1250. The van der Waals surface area contributed by atoms with E-state index >= 15 is 0 Å². The maximum Gasteiger partial charge on any atom is 0.573 e. The molecule has 2 bridgehead atoms. The molecule has 0 unspecified atom stereocenters. The summed E-state index contributed by atoms with van der Waals surface area (Å²) in [5.41, 5.74) is 0.636. The van der Waals surface area contributed by atoms with Crippen LogP contribution in [0.15, 0.2) is 48.5 Å². The smallest absolute Gasteiger partial charge is 0.406 e. The van der Waals surface area contributed by atoms with Crippen LogP contribution >= 0.6 is 11.3 Å². The van der Waals surface area contributed by atoms with Crippen LogP contribution in [0.25, 0.3) is 10.1 Å². The molecule has 3 N–H and O–H groups in total. The normalized spacial score (nSPS) is 21.5. The van der Waals surface area contributed by atoms with Gasteiger partial charge in [0.1, 0.15) is 5.75 Å². The minimum Gasteiger partial charge on any atom is -0.406 e. The average molecular weight is 505 g/mol. The zero-order valence-corrected chi connectivity index (χ0v) is 19.3. The van der Waals surface area contributed by atoms with Gasteiger partial charge in [-0.2, -0.15) is 0 Å². The highest BCUT2D eigenvalue weighted by atomic mass is 32.1. The Labute approximate surface area is 203 Å². The predicted octanol–water partition coefficient (Wildman–Crippen LogP) is 5.27. The van der Waals surface area contributed by atoms with Gasteiger partial charge in [0.25, 0.3) is 5.91 Å². The molecule has 0 spiro atoms. The molecular weight excluding hydrogens is 481 g/mol. The van der Waals surface area contributed by atoms with Crippen LogP contribution in [-0.4, -0.2) is 48.9 Å². The van der Waals surface area contributed by atoms with E-state index in [1.165, 1.54) is 23.5 Å². The fourth-order valence-electron chi connectivity index (χ4n) is 4.65. The highest BCUT2D eigenvalue weighted by Gasteiger charge is 2.35. The van der Waals surface area contributed by atoms with Gasteiger partial charge in [-0.15, -0.1) is 24.5 Å². The Balaban J connectivity index is 1.22. The monoisotopic (exact) mass is 504 g/mol. The van der Waals surface area contributed by atoms with Crippen LogP contribution in [0.2, 0.25) is 0 Å². The quantitative estimate of drug-likeness (QED) is 0.442. The second-order valence-corrected chi connectivity index (χ2v) is 9.82. The van der Waals surface area contributed by atoms with E-state index in [1.54, 1.807) is 12.1 Å². The number of piperidine rings is 3.